The van der Waals surface area contributed by atoms with Gasteiger partial charge in [-0.2, -0.15) is 0 Å². The lowest BCUT2D eigenvalue weighted by atomic mass is 10.0. The minimum Gasteiger partial charge on any atom is -0.289 e. The molecular weight excluding hydrogens is 220 g/mol. The van der Waals surface area contributed by atoms with E-state index in [2.05, 4.69) is 0 Å². The maximum absolute atomic E-state index is 12.0. The number of carbonyl (C=O) groups excluding carboxylic acids is 1. The Bertz CT molecular complexity index is 580. The summed E-state index contributed by atoms with van der Waals surface area (Å²) in [5.74, 6) is 0.0435. The highest BCUT2D eigenvalue weighted by atomic mass is 16.1. The van der Waals surface area contributed by atoms with E-state index in [1.807, 2.05) is 68.5 Å². The molecule has 0 aliphatic carbocycles. The molecule has 0 spiro atoms. The Morgan fingerprint density at radius 3 is 2.33 bits per heavy atom. The van der Waals surface area contributed by atoms with Crippen LogP contribution >= 0.6 is 0 Å². The van der Waals surface area contributed by atoms with Gasteiger partial charge in [0, 0.05) is 5.56 Å². The largest absolute Gasteiger partial charge is 0.289 e. The summed E-state index contributed by atoms with van der Waals surface area (Å²) < 4.78 is 0. The second kappa shape index (κ2) is 5.46. The van der Waals surface area contributed by atoms with Gasteiger partial charge in [0.05, 0.1) is 0 Å². The van der Waals surface area contributed by atoms with Crippen molar-refractivity contribution in [3.63, 3.8) is 0 Å². The van der Waals surface area contributed by atoms with E-state index in [9.17, 15) is 4.79 Å². The van der Waals surface area contributed by atoms with Crippen LogP contribution in [0, 0.1) is 13.8 Å². The number of hydrogen-bond acceptors (Lipinski definition) is 1. The molecule has 0 aliphatic rings. The van der Waals surface area contributed by atoms with E-state index in [-0.39, 0.29) is 5.78 Å². The molecule has 1 nitrogen and oxygen atoms in total. The van der Waals surface area contributed by atoms with Gasteiger partial charge in [0.1, 0.15) is 0 Å². The van der Waals surface area contributed by atoms with Crippen molar-refractivity contribution in [3.8, 4) is 0 Å². The Morgan fingerprint density at radius 2 is 1.67 bits per heavy atom. The van der Waals surface area contributed by atoms with Gasteiger partial charge in [-0.15, -0.1) is 0 Å². The molecule has 90 valence electrons. The molecule has 0 radical (unpaired) electrons. The molecule has 0 heterocycles. The maximum Gasteiger partial charge on any atom is 0.185 e. The number of rotatable bonds is 3. The lowest BCUT2D eigenvalue weighted by Gasteiger charge is -2.01. The Kier molecular flexibility index (Phi) is 3.73. The van der Waals surface area contributed by atoms with Gasteiger partial charge in [0.15, 0.2) is 5.78 Å². The Hall–Kier alpha value is -2.15. The van der Waals surface area contributed by atoms with Crippen LogP contribution in [-0.4, -0.2) is 5.78 Å². The van der Waals surface area contributed by atoms with Gasteiger partial charge in [-0.05, 0) is 42.7 Å². The van der Waals surface area contributed by atoms with Crippen molar-refractivity contribution in [2.75, 3.05) is 0 Å². The van der Waals surface area contributed by atoms with E-state index in [1.165, 1.54) is 5.56 Å². The summed E-state index contributed by atoms with van der Waals surface area (Å²) in [6, 6.07) is 15.6. The molecule has 2 aromatic rings. The molecule has 0 fully saturated rings. The van der Waals surface area contributed by atoms with Crippen LogP contribution in [0.5, 0.6) is 0 Å². The minimum atomic E-state index is 0.0435. The zero-order valence-corrected chi connectivity index (χ0v) is 10.7. The molecule has 0 atom stereocenters. The highest BCUT2D eigenvalue weighted by Crippen LogP contribution is 2.11. The standard InChI is InChI=1S/C17H16O/c1-13-8-10-16(12-14(13)2)17(18)11-9-15-6-4-3-5-7-15/h3-12H,1-2H3. The van der Waals surface area contributed by atoms with Crippen LogP contribution in [-0.2, 0) is 0 Å². The van der Waals surface area contributed by atoms with E-state index in [0.717, 1.165) is 16.7 Å². The average molecular weight is 236 g/mol. The monoisotopic (exact) mass is 236 g/mol. The van der Waals surface area contributed by atoms with Gasteiger partial charge < -0.3 is 0 Å². The fourth-order valence-electron chi connectivity index (χ4n) is 1.73. The third kappa shape index (κ3) is 2.95. The predicted octanol–water partition coefficient (Wildman–Crippen LogP) is 4.20. The molecular formula is C17H16O. The third-order valence-electron chi connectivity index (χ3n) is 3.02. The predicted molar refractivity (Wildman–Crippen MR) is 75.7 cm³/mol. The van der Waals surface area contributed by atoms with Gasteiger partial charge in [0.2, 0.25) is 0 Å². The Morgan fingerprint density at radius 1 is 0.944 bits per heavy atom. The Balaban J connectivity index is 2.17. The van der Waals surface area contributed by atoms with E-state index in [0.29, 0.717) is 0 Å². The number of aryl methyl sites for hydroxylation is 2. The highest BCUT2D eigenvalue weighted by molar-refractivity contribution is 6.06. The fourth-order valence-corrected chi connectivity index (χ4v) is 1.73. The van der Waals surface area contributed by atoms with E-state index in [4.69, 9.17) is 0 Å². The van der Waals surface area contributed by atoms with Crippen molar-refractivity contribution in [1.29, 1.82) is 0 Å². The second-order valence-corrected chi connectivity index (χ2v) is 4.41. The first-order valence-corrected chi connectivity index (χ1v) is 6.01. The van der Waals surface area contributed by atoms with Gasteiger partial charge in [-0.3, -0.25) is 4.79 Å². The number of benzene rings is 2. The lowest BCUT2D eigenvalue weighted by Crippen LogP contribution is -1.95. The molecule has 1 heteroatoms. The van der Waals surface area contributed by atoms with Gasteiger partial charge in [-0.25, -0.2) is 0 Å². The average Bonchev–Trinajstić information content (AvgIpc) is 2.40. The van der Waals surface area contributed by atoms with Crippen molar-refractivity contribution in [2.45, 2.75) is 13.8 Å². The zero-order valence-electron chi connectivity index (χ0n) is 10.7. The minimum absolute atomic E-state index is 0.0435. The van der Waals surface area contributed by atoms with Crippen molar-refractivity contribution in [2.24, 2.45) is 0 Å². The van der Waals surface area contributed by atoms with Crippen molar-refractivity contribution in [1.82, 2.24) is 0 Å². The van der Waals surface area contributed by atoms with Crippen LogP contribution in [0.2, 0.25) is 0 Å². The summed E-state index contributed by atoms with van der Waals surface area (Å²) in [5.41, 5.74) is 4.13. The number of ketones is 1. The van der Waals surface area contributed by atoms with Crippen molar-refractivity contribution < 1.29 is 4.79 Å². The molecule has 0 aromatic heterocycles. The molecule has 18 heavy (non-hydrogen) atoms. The van der Waals surface area contributed by atoms with E-state index in [1.54, 1.807) is 6.08 Å². The molecule has 0 saturated carbocycles. The summed E-state index contributed by atoms with van der Waals surface area (Å²) in [5, 5.41) is 0. The number of allylic oxidation sites excluding steroid dienone is 1. The smallest absolute Gasteiger partial charge is 0.185 e. The maximum atomic E-state index is 12.0. The van der Waals surface area contributed by atoms with Gasteiger partial charge >= 0.3 is 0 Å². The topological polar surface area (TPSA) is 17.1 Å². The summed E-state index contributed by atoms with van der Waals surface area (Å²) in [4.78, 5) is 12.0. The van der Waals surface area contributed by atoms with Crippen molar-refractivity contribution >= 4 is 11.9 Å². The molecule has 0 unspecified atom stereocenters. The summed E-state index contributed by atoms with van der Waals surface area (Å²) in [7, 11) is 0. The summed E-state index contributed by atoms with van der Waals surface area (Å²) >= 11 is 0. The van der Waals surface area contributed by atoms with Crippen LogP contribution in [0.25, 0.3) is 6.08 Å². The molecule has 0 N–H and O–H groups in total. The molecule has 2 rings (SSSR count). The van der Waals surface area contributed by atoms with Crippen LogP contribution in [0.1, 0.15) is 27.0 Å². The quantitative estimate of drug-likeness (QED) is 0.576. The lowest BCUT2D eigenvalue weighted by molar-refractivity contribution is 0.104. The third-order valence-corrected chi connectivity index (χ3v) is 3.02. The molecule has 0 amide bonds. The summed E-state index contributed by atoms with van der Waals surface area (Å²) in [6.07, 6.45) is 3.47. The first-order chi connectivity index (χ1) is 8.66. The fraction of sp³-hybridized carbons (Fsp3) is 0.118. The van der Waals surface area contributed by atoms with Crippen LogP contribution < -0.4 is 0 Å². The molecule has 0 saturated heterocycles. The molecule has 0 aliphatic heterocycles. The normalized spacial score (nSPS) is 10.8. The van der Waals surface area contributed by atoms with Gasteiger partial charge in [0.25, 0.3) is 0 Å². The molecule has 0 bridgehead atoms. The van der Waals surface area contributed by atoms with Crippen molar-refractivity contribution in [3.05, 3.63) is 76.9 Å². The second-order valence-electron chi connectivity index (χ2n) is 4.41. The molecule has 2 aromatic carbocycles. The summed E-state index contributed by atoms with van der Waals surface area (Å²) in [6.45, 7) is 4.07. The van der Waals surface area contributed by atoms with Gasteiger partial charge in [-0.1, -0.05) is 48.5 Å². The number of carbonyl (C=O) groups is 1. The first kappa shape index (κ1) is 12.3. The van der Waals surface area contributed by atoms with Crippen LogP contribution in [0.3, 0.4) is 0 Å². The zero-order chi connectivity index (χ0) is 13.0. The van der Waals surface area contributed by atoms with E-state index >= 15 is 0 Å². The number of hydrogen-bond donors (Lipinski definition) is 0. The van der Waals surface area contributed by atoms with Crippen LogP contribution in [0.15, 0.2) is 54.6 Å². The first-order valence-electron chi connectivity index (χ1n) is 6.01. The SMILES string of the molecule is Cc1ccc(C(=O)C=Cc2ccccc2)cc1C. The highest BCUT2D eigenvalue weighted by Gasteiger charge is 2.02. The Labute approximate surface area is 108 Å². The van der Waals surface area contributed by atoms with Crippen LogP contribution in [0.4, 0.5) is 0 Å². The van der Waals surface area contributed by atoms with E-state index < -0.39 is 0 Å².